The first-order chi connectivity index (χ1) is 5.38. The van der Waals surface area contributed by atoms with Crippen molar-refractivity contribution in [3.05, 3.63) is 37.0 Å². The van der Waals surface area contributed by atoms with Gasteiger partial charge in [0.25, 0.3) is 0 Å². The van der Waals surface area contributed by atoms with Crippen LogP contribution in [0, 0.1) is 11.8 Å². The molecule has 0 heteroatoms. The van der Waals surface area contributed by atoms with Gasteiger partial charge in [-0.1, -0.05) is 37.3 Å². The average Bonchev–Trinajstić information content (AvgIpc) is 2.77. The Bertz CT molecular complexity index is 174. The second kappa shape index (κ2) is 4.17. The van der Waals surface area contributed by atoms with Gasteiger partial charge < -0.3 is 0 Å². The molecule has 1 fully saturated rings. The maximum Gasteiger partial charge on any atom is -0.0161 e. The van der Waals surface area contributed by atoms with Crippen molar-refractivity contribution in [2.45, 2.75) is 19.8 Å². The van der Waals surface area contributed by atoms with Gasteiger partial charge in [0, 0.05) is 0 Å². The van der Waals surface area contributed by atoms with Crippen LogP contribution < -0.4 is 0 Å². The summed E-state index contributed by atoms with van der Waals surface area (Å²) in [5.74, 6) is 1.55. The predicted octanol–water partition coefficient (Wildman–Crippen LogP) is 3.33. The van der Waals surface area contributed by atoms with E-state index in [4.69, 9.17) is 0 Å². The highest BCUT2D eigenvalue weighted by Crippen LogP contribution is 2.40. The first-order valence-corrected chi connectivity index (χ1v) is 4.34. The van der Waals surface area contributed by atoms with Gasteiger partial charge in [0.1, 0.15) is 0 Å². The van der Waals surface area contributed by atoms with Crippen LogP contribution in [0.15, 0.2) is 37.0 Å². The van der Waals surface area contributed by atoms with Crippen molar-refractivity contribution in [2.24, 2.45) is 11.8 Å². The van der Waals surface area contributed by atoms with Crippen LogP contribution in [0.5, 0.6) is 0 Å². The molecule has 0 amide bonds. The quantitative estimate of drug-likeness (QED) is 0.424. The standard InChI is InChI=1S/C11H16/c1-3-5-6-7-8-11-9-10(11)4-2/h4-8,10-11H,2-3,9H2,1H3/b6-5+,8-7-/t10-,11-/m0/s1. The van der Waals surface area contributed by atoms with E-state index in [1.807, 2.05) is 0 Å². The van der Waals surface area contributed by atoms with E-state index in [1.54, 1.807) is 0 Å². The molecule has 1 rings (SSSR count). The fourth-order valence-corrected chi connectivity index (χ4v) is 1.15. The van der Waals surface area contributed by atoms with E-state index in [0.29, 0.717) is 0 Å². The molecule has 0 saturated heterocycles. The molecule has 0 N–H and O–H groups in total. The second-order valence-corrected chi connectivity index (χ2v) is 3.02. The van der Waals surface area contributed by atoms with Gasteiger partial charge in [-0.25, -0.2) is 0 Å². The third kappa shape index (κ3) is 2.75. The van der Waals surface area contributed by atoms with Crippen molar-refractivity contribution < 1.29 is 0 Å². The summed E-state index contributed by atoms with van der Waals surface area (Å²) in [6.45, 7) is 5.91. The molecule has 60 valence electrons. The summed E-state index contributed by atoms with van der Waals surface area (Å²) in [5, 5.41) is 0. The summed E-state index contributed by atoms with van der Waals surface area (Å²) in [7, 11) is 0. The fourth-order valence-electron chi connectivity index (χ4n) is 1.15. The Morgan fingerprint density at radius 3 is 2.73 bits per heavy atom. The molecule has 1 saturated carbocycles. The Kier molecular flexibility index (Phi) is 3.15. The molecule has 0 heterocycles. The van der Waals surface area contributed by atoms with Crippen LogP contribution >= 0.6 is 0 Å². The fraction of sp³-hybridized carbons (Fsp3) is 0.455. The van der Waals surface area contributed by atoms with Gasteiger partial charge in [-0.2, -0.15) is 0 Å². The predicted molar refractivity (Wildman–Crippen MR) is 50.4 cm³/mol. The van der Waals surface area contributed by atoms with Crippen molar-refractivity contribution in [2.75, 3.05) is 0 Å². The highest BCUT2D eigenvalue weighted by molar-refractivity contribution is 5.13. The van der Waals surface area contributed by atoms with Gasteiger partial charge in [0.05, 0.1) is 0 Å². The summed E-state index contributed by atoms with van der Waals surface area (Å²) in [6, 6.07) is 0. The molecule has 0 aromatic rings. The van der Waals surface area contributed by atoms with Gasteiger partial charge in [-0.3, -0.25) is 0 Å². The van der Waals surface area contributed by atoms with Gasteiger partial charge in [-0.15, -0.1) is 6.58 Å². The topological polar surface area (TPSA) is 0 Å². The highest BCUT2D eigenvalue weighted by Gasteiger charge is 2.30. The van der Waals surface area contributed by atoms with Crippen molar-refractivity contribution >= 4 is 0 Å². The second-order valence-electron chi connectivity index (χ2n) is 3.02. The van der Waals surface area contributed by atoms with E-state index in [2.05, 4.69) is 43.9 Å². The molecular weight excluding hydrogens is 132 g/mol. The zero-order valence-corrected chi connectivity index (χ0v) is 7.16. The normalized spacial score (nSPS) is 29.9. The summed E-state index contributed by atoms with van der Waals surface area (Å²) in [4.78, 5) is 0. The van der Waals surface area contributed by atoms with Crippen LogP contribution in [0.1, 0.15) is 19.8 Å². The molecule has 2 atom stereocenters. The van der Waals surface area contributed by atoms with Gasteiger partial charge in [-0.05, 0) is 24.7 Å². The van der Waals surface area contributed by atoms with Crippen LogP contribution in [-0.4, -0.2) is 0 Å². The maximum atomic E-state index is 3.77. The maximum absolute atomic E-state index is 3.77. The lowest BCUT2D eigenvalue weighted by Crippen LogP contribution is -1.68. The van der Waals surface area contributed by atoms with E-state index < -0.39 is 0 Å². The minimum absolute atomic E-state index is 0.765. The molecule has 0 aliphatic heterocycles. The summed E-state index contributed by atoms with van der Waals surface area (Å²) in [6.07, 6.45) is 13.2. The van der Waals surface area contributed by atoms with Crippen molar-refractivity contribution in [3.8, 4) is 0 Å². The SMILES string of the molecule is C=C[C@H]1C[C@@H]1/C=C\C=C\CC. The first-order valence-electron chi connectivity index (χ1n) is 4.34. The lowest BCUT2D eigenvalue weighted by molar-refractivity contribution is 0.998. The van der Waals surface area contributed by atoms with E-state index in [9.17, 15) is 0 Å². The van der Waals surface area contributed by atoms with Crippen LogP contribution in [-0.2, 0) is 0 Å². The van der Waals surface area contributed by atoms with E-state index >= 15 is 0 Å². The number of allylic oxidation sites excluding steroid dienone is 5. The minimum Gasteiger partial charge on any atom is -0.103 e. The zero-order valence-electron chi connectivity index (χ0n) is 7.16. The first kappa shape index (κ1) is 8.32. The lowest BCUT2D eigenvalue weighted by Gasteiger charge is -1.80. The van der Waals surface area contributed by atoms with Gasteiger partial charge in [0.15, 0.2) is 0 Å². The summed E-state index contributed by atoms with van der Waals surface area (Å²) in [5.41, 5.74) is 0. The monoisotopic (exact) mass is 148 g/mol. The molecule has 0 aromatic heterocycles. The molecule has 0 unspecified atom stereocenters. The number of hydrogen-bond acceptors (Lipinski definition) is 0. The van der Waals surface area contributed by atoms with E-state index in [1.165, 1.54) is 6.42 Å². The van der Waals surface area contributed by atoms with Crippen molar-refractivity contribution in [1.82, 2.24) is 0 Å². The van der Waals surface area contributed by atoms with E-state index in [-0.39, 0.29) is 0 Å². The Morgan fingerprint density at radius 2 is 2.18 bits per heavy atom. The molecule has 0 bridgehead atoms. The lowest BCUT2D eigenvalue weighted by atomic mass is 10.3. The Morgan fingerprint density at radius 1 is 1.36 bits per heavy atom. The van der Waals surface area contributed by atoms with Crippen molar-refractivity contribution in [1.29, 1.82) is 0 Å². The Labute approximate surface area is 69.3 Å². The minimum atomic E-state index is 0.765. The van der Waals surface area contributed by atoms with Gasteiger partial charge >= 0.3 is 0 Å². The van der Waals surface area contributed by atoms with Crippen LogP contribution in [0.25, 0.3) is 0 Å². The number of rotatable bonds is 4. The smallest absolute Gasteiger partial charge is 0.0161 e. The molecule has 0 aromatic carbocycles. The summed E-state index contributed by atoms with van der Waals surface area (Å²) >= 11 is 0. The molecule has 0 spiro atoms. The molecule has 1 aliphatic carbocycles. The molecule has 11 heavy (non-hydrogen) atoms. The molecular formula is C11H16. The Hall–Kier alpha value is -0.780. The third-order valence-corrected chi connectivity index (χ3v) is 2.04. The van der Waals surface area contributed by atoms with E-state index in [0.717, 1.165) is 18.3 Å². The molecule has 1 aliphatic rings. The zero-order chi connectivity index (χ0) is 8.10. The third-order valence-electron chi connectivity index (χ3n) is 2.04. The van der Waals surface area contributed by atoms with Crippen LogP contribution in [0.2, 0.25) is 0 Å². The summed E-state index contributed by atoms with van der Waals surface area (Å²) < 4.78 is 0. The Balaban J connectivity index is 2.17. The van der Waals surface area contributed by atoms with Crippen LogP contribution in [0.4, 0.5) is 0 Å². The number of hydrogen-bond donors (Lipinski definition) is 0. The molecule has 0 radical (unpaired) electrons. The average molecular weight is 148 g/mol. The van der Waals surface area contributed by atoms with Crippen LogP contribution in [0.3, 0.4) is 0 Å². The van der Waals surface area contributed by atoms with Gasteiger partial charge in [0.2, 0.25) is 0 Å². The molecule has 0 nitrogen and oxygen atoms in total. The van der Waals surface area contributed by atoms with Crippen molar-refractivity contribution in [3.63, 3.8) is 0 Å². The highest BCUT2D eigenvalue weighted by atomic mass is 14.3. The largest absolute Gasteiger partial charge is 0.103 e.